The quantitative estimate of drug-likeness (QED) is 0.473. The van der Waals surface area contributed by atoms with Gasteiger partial charge in [0.2, 0.25) is 0 Å². The Bertz CT molecular complexity index is 210. The third-order valence-electron chi connectivity index (χ3n) is 2.50. The van der Waals surface area contributed by atoms with E-state index in [4.69, 9.17) is 4.74 Å². The molecule has 68 valence electrons. The summed E-state index contributed by atoms with van der Waals surface area (Å²) in [5, 5.41) is 0. The highest BCUT2D eigenvalue weighted by molar-refractivity contribution is 6.03. The van der Waals surface area contributed by atoms with Crippen molar-refractivity contribution in [1.29, 1.82) is 0 Å². The number of esters is 1. The summed E-state index contributed by atoms with van der Waals surface area (Å²) in [5.74, 6) is -0.372. The van der Waals surface area contributed by atoms with E-state index in [9.17, 15) is 9.59 Å². The highest BCUT2D eigenvalue weighted by Gasteiger charge is 2.47. The lowest BCUT2D eigenvalue weighted by Gasteiger charge is -2.19. The van der Waals surface area contributed by atoms with Gasteiger partial charge in [-0.1, -0.05) is 13.3 Å². The van der Waals surface area contributed by atoms with Crippen LogP contribution in [-0.4, -0.2) is 18.4 Å². The van der Waals surface area contributed by atoms with E-state index in [0.717, 1.165) is 6.42 Å². The van der Waals surface area contributed by atoms with E-state index in [1.807, 2.05) is 6.92 Å². The summed E-state index contributed by atoms with van der Waals surface area (Å²) >= 11 is 0. The predicted octanol–water partition coefficient (Wildman–Crippen LogP) is 1.31. The Morgan fingerprint density at radius 2 is 2.33 bits per heavy atom. The van der Waals surface area contributed by atoms with Crippen molar-refractivity contribution in [2.24, 2.45) is 5.41 Å². The van der Waals surface area contributed by atoms with Crippen LogP contribution in [0.15, 0.2) is 0 Å². The average Bonchev–Trinajstić information content (AvgIpc) is 2.34. The fourth-order valence-corrected chi connectivity index (χ4v) is 1.71. The SMILES string of the molecule is CCC[C@]1(C(C)=O)CCOC1=O. The number of carbonyl (C=O) groups excluding carboxylic acids is 2. The van der Waals surface area contributed by atoms with E-state index < -0.39 is 5.41 Å². The molecule has 0 aromatic heterocycles. The standard InChI is InChI=1S/C9H14O3/c1-3-4-9(7(2)10)5-6-12-8(9)11/h3-6H2,1-2H3/t9-/m1/s1. The largest absolute Gasteiger partial charge is 0.465 e. The van der Waals surface area contributed by atoms with Crippen molar-refractivity contribution in [3.05, 3.63) is 0 Å². The zero-order chi connectivity index (χ0) is 9.19. The molecule has 1 heterocycles. The van der Waals surface area contributed by atoms with Crippen molar-refractivity contribution >= 4 is 11.8 Å². The molecule has 0 spiro atoms. The maximum absolute atomic E-state index is 11.3. The minimum atomic E-state index is -0.797. The molecule has 1 saturated heterocycles. The molecule has 3 heteroatoms. The van der Waals surface area contributed by atoms with Gasteiger partial charge in [0.1, 0.15) is 11.2 Å². The van der Waals surface area contributed by atoms with Crippen LogP contribution in [0, 0.1) is 5.41 Å². The highest BCUT2D eigenvalue weighted by atomic mass is 16.5. The molecule has 1 atom stereocenters. The summed E-state index contributed by atoms with van der Waals surface area (Å²) in [7, 11) is 0. The Hall–Kier alpha value is -0.860. The first-order valence-corrected chi connectivity index (χ1v) is 4.32. The van der Waals surface area contributed by atoms with Gasteiger partial charge in [0, 0.05) is 6.42 Å². The maximum atomic E-state index is 11.3. The first kappa shape index (κ1) is 9.23. The van der Waals surface area contributed by atoms with E-state index in [2.05, 4.69) is 0 Å². The molecule has 1 rings (SSSR count). The molecule has 1 fully saturated rings. The van der Waals surface area contributed by atoms with E-state index in [1.165, 1.54) is 6.92 Å². The number of cyclic esters (lactones) is 1. The number of Topliss-reactive ketones (excluding diaryl/α,β-unsaturated/α-hetero) is 1. The van der Waals surface area contributed by atoms with Gasteiger partial charge in [-0.05, 0) is 13.3 Å². The summed E-state index contributed by atoms with van der Waals surface area (Å²) in [4.78, 5) is 22.6. The first-order chi connectivity index (χ1) is 5.63. The Labute approximate surface area is 72.1 Å². The van der Waals surface area contributed by atoms with Gasteiger partial charge in [0.05, 0.1) is 6.61 Å². The van der Waals surface area contributed by atoms with Crippen LogP contribution in [0.25, 0.3) is 0 Å². The van der Waals surface area contributed by atoms with Crippen molar-refractivity contribution in [1.82, 2.24) is 0 Å². The number of ether oxygens (including phenoxy) is 1. The van der Waals surface area contributed by atoms with E-state index >= 15 is 0 Å². The highest BCUT2D eigenvalue weighted by Crippen LogP contribution is 2.35. The Balaban J connectivity index is 2.85. The second-order valence-corrected chi connectivity index (χ2v) is 3.27. The van der Waals surface area contributed by atoms with Crippen molar-refractivity contribution in [3.63, 3.8) is 0 Å². The summed E-state index contributed by atoms with van der Waals surface area (Å²) in [6.07, 6.45) is 2.03. The van der Waals surface area contributed by atoms with Crippen molar-refractivity contribution < 1.29 is 14.3 Å². The second-order valence-electron chi connectivity index (χ2n) is 3.27. The van der Waals surface area contributed by atoms with Crippen molar-refractivity contribution in [2.75, 3.05) is 6.61 Å². The van der Waals surface area contributed by atoms with Gasteiger partial charge < -0.3 is 4.74 Å². The van der Waals surface area contributed by atoms with Gasteiger partial charge in [-0.2, -0.15) is 0 Å². The molecule has 0 amide bonds. The summed E-state index contributed by atoms with van der Waals surface area (Å²) in [6, 6.07) is 0. The Morgan fingerprint density at radius 1 is 1.67 bits per heavy atom. The number of hydrogen-bond acceptors (Lipinski definition) is 3. The zero-order valence-electron chi connectivity index (χ0n) is 7.55. The molecule has 0 unspecified atom stereocenters. The fraction of sp³-hybridized carbons (Fsp3) is 0.778. The molecule has 0 aromatic rings. The molecular formula is C9H14O3. The molecule has 0 bridgehead atoms. The second kappa shape index (κ2) is 3.25. The van der Waals surface area contributed by atoms with E-state index in [1.54, 1.807) is 0 Å². The average molecular weight is 170 g/mol. The maximum Gasteiger partial charge on any atom is 0.319 e. The number of ketones is 1. The third kappa shape index (κ3) is 1.24. The predicted molar refractivity (Wildman–Crippen MR) is 43.6 cm³/mol. The van der Waals surface area contributed by atoms with Crippen LogP contribution in [0.5, 0.6) is 0 Å². The van der Waals surface area contributed by atoms with Crippen LogP contribution in [0.1, 0.15) is 33.1 Å². The third-order valence-corrected chi connectivity index (χ3v) is 2.50. The van der Waals surface area contributed by atoms with E-state index in [-0.39, 0.29) is 11.8 Å². The minimum absolute atomic E-state index is 0.0492. The lowest BCUT2D eigenvalue weighted by Crippen LogP contribution is -2.33. The van der Waals surface area contributed by atoms with Crippen LogP contribution in [0.2, 0.25) is 0 Å². The van der Waals surface area contributed by atoms with Crippen LogP contribution in [-0.2, 0) is 14.3 Å². The molecule has 12 heavy (non-hydrogen) atoms. The normalized spacial score (nSPS) is 28.7. The van der Waals surface area contributed by atoms with Crippen LogP contribution in [0.3, 0.4) is 0 Å². The molecule has 0 aliphatic carbocycles. The lowest BCUT2D eigenvalue weighted by molar-refractivity contribution is -0.151. The number of carbonyl (C=O) groups is 2. The van der Waals surface area contributed by atoms with Crippen LogP contribution < -0.4 is 0 Å². The van der Waals surface area contributed by atoms with Crippen LogP contribution >= 0.6 is 0 Å². The molecule has 1 aliphatic heterocycles. The Kier molecular flexibility index (Phi) is 2.50. The van der Waals surface area contributed by atoms with E-state index in [0.29, 0.717) is 19.4 Å². The van der Waals surface area contributed by atoms with Crippen molar-refractivity contribution in [2.45, 2.75) is 33.1 Å². The van der Waals surface area contributed by atoms with Crippen molar-refractivity contribution in [3.8, 4) is 0 Å². The zero-order valence-corrected chi connectivity index (χ0v) is 7.55. The lowest BCUT2D eigenvalue weighted by atomic mass is 9.79. The van der Waals surface area contributed by atoms with Gasteiger partial charge in [0.25, 0.3) is 0 Å². The van der Waals surface area contributed by atoms with Crippen LogP contribution in [0.4, 0.5) is 0 Å². The topological polar surface area (TPSA) is 43.4 Å². The van der Waals surface area contributed by atoms with Gasteiger partial charge >= 0.3 is 5.97 Å². The number of hydrogen-bond donors (Lipinski definition) is 0. The van der Waals surface area contributed by atoms with Gasteiger partial charge in [0.15, 0.2) is 0 Å². The van der Waals surface area contributed by atoms with Gasteiger partial charge in [-0.15, -0.1) is 0 Å². The smallest absolute Gasteiger partial charge is 0.319 e. The van der Waals surface area contributed by atoms with Gasteiger partial charge in [-0.25, -0.2) is 0 Å². The fourth-order valence-electron chi connectivity index (χ4n) is 1.71. The molecule has 0 aromatic carbocycles. The monoisotopic (exact) mass is 170 g/mol. The minimum Gasteiger partial charge on any atom is -0.465 e. The Morgan fingerprint density at radius 3 is 2.67 bits per heavy atom. The molecule has 0 radical (unpaired) electrons. The number of rotatable bonds is 3. The molecular weight excluding hydrogens is 156 g/mol. The van der Waals surface area contributed by atoms with Gasteiger partial charge in [-0.3, -0.25) is 9.59 Å². The molecule has 0 N–H and O–H groups in total. The molecule has 0 saturated carbocycles. The first-order valence-electron chi connectivity index (χ1n) is 4.32. The summed E-state index contributed by atoms with van der Waals surface area (Å²) in [5.41, 5.74) is -0.797. The summed E-state index contributed by atoms with van der Waals surface area (Å²) in [6.45, 7) is 3.84. The molecule has 3 nitrogen and oxygen atoms in total. The summed E-state index contributed by atoms with van der Waals surface area (Å²) < 4.78 is 4.82. The molecule has 1 aliphatic rings.